The Kier molecular flexibility index (Phi) is 4.21. The Balaban J connectivity index is 2.11. The Morgan fingerprint density at radius 2 is 1.89 bits per heavy atom. The van der Waals surface area contributed by atoms with Crippen LogP contribution in [-0.2, 0) is 11.2 Å². The lowest BCUT2D eigenvalue weighted by molar-refractivity contribution is -0.107. The van der Waals surface area contributed by atoms with E-state index in [4.69, 9.17) is 0 Å². The standard InChI is InChI=1S/C17H24O/c1-17(2)11-9-15(10-12-17)16-8-4-3-6-14(16)7-5-13-18/h3-4,6,8,13,15H,5,7,9-12H2,1-2H3. The highest BCUT2D eigenvalue weighted by Crippen LogP contribution is 2.43. The van der Waals surface area contributed by atoms with E-state index in [1.807, 2.05) is 0 Å². The Morgan fingerprint density at radius 1 is 1.22 bits per heavy atom. The van der Waals surface area contributed by atoms with E-state index in [9.17, 15) is 4.79 Å². The van der Waals surface area contributed by atoms with Crippen LogP contribution < -0.4 is 0 Å². The maximum absolute atomic E-state index is 10.6. The van der Waals surface area contributed by atoms with Gasteiger partial charge in [0.25, 0.3) is 0 Å². The Bertz CT molecular complexity index is 396. The molecular weight excluding hydrogens is 220 g/mol. The van der Waals surface area contributed by atoms with Gasteiger partial charge in [-0.05, 0) is 54.6 Å². The molecule has 0 aromatic heterocycles. The fourth-order valence-electron chi connectivity index (χ4n) is 3.08. The van der Waals surface area contributed by atoms with Crippen molar-refractivity contribution in [2.24, 2.45) is 5.41 Å². The lowest BCUT2D eigenvalue weighted by Crippen LogP contribution is -2.20. The van der Waals surface area contributed by atoms with Crippen LogP contribution in [0, 0.1) is 5.41 Å². The molecule has 18 heavy (non-hydrogen) atoms. The highest BCUT2D eigenvalue weighted by molar-refractivity contribution is 5.50. The monoisotopic (exact) mass is 244 g/mol. The zero-order chi connectivity index (χ0) is 13.0. The van der Waals surface area contributed by atoms with Gasteiger partial charge in [-0.25, -0.2) is 0 Å². The molecular formula is C17H24O. The Morgan fingerprint density at radius 3 is 2.56 bits per heavy atom. The number of hydrogen-bond acceptors (Lipinski definition) is 1. The van der Waals surface area contributed by atoms with E-state index >= 15 is 0 Å². The molecule has 0 amide bonds. The van der Waals surface area contributed by atoms with Crippen molar-refractivity contribution in [1.29, 1.82) is 0 Å². The summed E-state index contributed by atoms with van der Waals surface area (Å²) in [5.74, 6) is 0.709. The van der Waals surface area contributed by atoms with Crippen LogP contribution in [0.1, 0.15) is 63.0 Å². The molecule has 0 unspecified atom stereocenters. The van der Waals surface area contributed by atoms with E-state index in [-0.39, 0.29) is 0 Å². The average molecular weight is 244 g/mol. The van der Waals surface area contributed by atoms with Crippen LogP contribution in [-0.4, -0.2) is 6.29 Å². The van der Waals surface area contributed by atoms with E-state index in [1.54, 1.807) is 0 Å². The van der Waals surface area contributed by atoms with E-state index in [0.717, 1.165) is 12.7 Å². The number of benzene rings is 1. The topological polar surface area (TPSA) is 17.1 Å². The predicted molar refractivity (Wildman–Crippen MR) is 75.8 cm³/mol. The Hall–Kier alpha value is -1.11. The zero-order valence-electron chi connectivity index (χ0n) is 11.6. The molecule has 1 fully saturated rings. The summed E-state index contributed by atoms with van der Waals surface area (Å²) in [7, 11) is 0. The number of carbonyl (C=O) groups is 1. The molecule has 1 aromatic carbocycles. The van der Waals surface area contributed by atoms with Gasteiger partial charge in [-0.2, -0.15) is 0 Å². The summed E-state index contributed by atoms with van der Waals surface area (Å²) in [6, 6.07) is 8.69. The number of aldehydes is 1. The number of aryl methyl sites for hydroxylation is 1. The highest BCUT2D eigenvalue weighted by atomic mass is 16.1. The summed E-state index contributed by atoms with van der Waals surface area (Å²) in [5, 5.41) is 0. The largest absolute Gasteiger partial charge is 0.303 e. The van der Waals surface area contributed by atoms with E-state index in [0.29, 0.717) is 17.8 Å². The summed E-state index contributed by atoms with van der Waals surface area (Å²) in [6.45, 7) is 4.75. The number of rotatable bonds is 4. The van der Waals surface area contributed by atoms with Crippen molar-refractivity contribution in [3.05, 3.63) is 35.4 Å². The maximum atomic E-state index is 10.6. The summed E-state index contributed by atoms with van der Waals surface area (Å²) < 4.78 is 0. The highest BCUT2D eigenvalue weighted by Gasteiger charge is 2.28. The lowest BCUT2D eigenvalue weighted by atomic mass is 9.70. The smallest absolute Gasteiger partial charge is 0.120 e. The first-order valence-electron chi connectivity index (χ1n) is 7.14. The van der Waals surface area contributed by atoms with Gasteiger partial charge >= 0.3 is 0 Å². The molecule has 0 bridgehead atoms. The van der Waals surface area contributed by atoms with Crippen LogP contribution in [0.2, 0.25) is 0 Å². The molecule has 1 aliphatic carbocycles. The first kappa shape index (κ1) is 13.3. The molecule has 98 valence electrons. The molecule has 0 heterocycles. The maximum Gasteiger partial charge on any atom is 0.120 e. The van der Waals surface area contributed by atoms with Crippen molar-refractivity contribution in [2.75, 3.05) is 0 Å². The summed E-state index contributed by atoms with van der Waals surface area (Å²) >= 11 is 0. The Labute approximate surface area is 111 Å². The summed E-state index contributed by atoms with van der Waals surface area (Å²) in [6.07, 6.45) is 7.81. The quantitative estimate of drug-likeness (QED) is 0.713. The molecule has 2 rings (SSSR count). The molecule has 0 spiro atoms. The van der Waals surface area contributed by atoms with Crippen molar-refractivity contribution in [1.82, 2.24) is 0 Å². The average Bonchev–Trinajstić information content (AvgIpc) is 2.37. The minimum atomic E-state index is 0.522. The van der Waals surface area contributed by atoms with Crippen LogP contribution >= 0.6 is 0 Å². The lowest BCUT2D eigenvalue weighted by Gasteiger charge is -2.35. The van der Waals surface area contributed by atoms with Crippen LogP contribution in [0.4, 0.5) is 0 Å². The van der Waals surface area contributed by atoms with Gasteiger partial charge in [-0.3, -0.25) is 0 Å². The van der Waals surface area contributed by atoms with Gasteiger partial charge < -0.3 is 4.79 Å². The fourth-order valence-corrected chi connectivity index (χ4v) is 3.08. The van der Waals surface area contributed by atoms with Gasteiger partial charge in [0, 0.05) is 6.42 Å². The SMILES string of the molecule is CC1(C)CCC(c2ccccc2CCC=O)CC1. The van der Waals surface area contributed by atoms with E-state index in [2.05, 4.69) is 38.1 Å². The third kappa shape index (κ3) is 3.22. The molecule has 0 N–H and O–H groups in total. The van der Waals surface area contributed by atoms with Crippen LogP contribution in [0.5, 0.6) is 0 Å². The molecule has 1 heteroatoms. The molecule has 1 aliphatic rings. The van der Waals surface area contributed by atoms with Gasteiger partial charge in [0.15, 0.2) is 0 Å². The van der Waals surface area contributed by atoms with Crippen molar-refractivity contribution >= 4 is 6.29 Å². The second-order valence-corrected chi connectivity index (χ2v) is 6.34. The first-order valence-corrected chi connectivity index (χ1v) is 7.14. The first-order chi connectivity index (χ1) is 8.62. The molecule has 1 aromatic rings. The minimum absolute atomic E-state index is 0.522. The second kappa shape index (κ2) is 5.69. The number of hydrogen-bond donors (Lipinski definition) is 0. The van der Waals surface area contributed by atoms with E-state index in [1.165, 1.54) is 36.8 Å². The third-order valence-electron chi connectivity index (χ3n) is 4.37. The van der Waals surface area contributed by atoms with Crippen molar-refractivity contribution < 1.29 is 4.79 Å². The molecule has 0 atom stereocenters. The van der Waals surface area contributed by atoms with E-state index < -0.39 is 0 Å². The molecule has 1 nitrogen and oxygen atoms in total. The molecule has 0 aliphatic heterocycles. The third-order valence-corrected chi connectivity index (χ3v) is 4.37. The zero-order valence-corrected chi connectivity index (χ0v) is 11.6. The molecule has 0 saturated heterocycles. The molecule has 1 saturated carbocycles. The van der Waals surface area contributed by atoms with Gasteiger partial charge in [0.05, 0.1) is 0 Å². The van der Waals surface area contributed by atoms with Gasteiger partial charge in [-0.15, -0.1) is 0 Å². The number of carbonyl (C=O) groups excluding carboxylic acids is 1. The normalized spacial score (nSPS) is 19.7. The van der Waals surface area contributed by atoms with Gasteiger partial charge in [-0.1, -0.05) is 38.1 Å². The second-order valence-electron chi connectivity index (χ2n) is 6.34. The minimum Gasteiger partial charge on any atom is -0.303 e. The van der Waals surface area contributed by atoms with Gasteiger partial charge in [0.2, 0.25) is 0 Å². The van der Waals surface area contributed by atoms with Crippen LogP contribution in [0.25, 0.3) is 0 Å². The van der Waals surface area contributed by atoms with Crippen LogP contribution in [0.15, 0.2) is 24.3 Å². The molecule has 0 radical (unpaired) electrons. The van der Waals surface area contributed by atoms with Crippen molar-refractivity contribution in [2.45, 2.75) is 58.3 Å². The van der Waals surface area contributed by atoms with Crippen molar-refractivity contribution in [3.63, 3.8) is 0 Å². The summed E-state index contributed by atoms with van der Waals surface area (Å²) in [4.78, 5) is 10.6. The fraction of sp³-hybridized carbons (Fsp3) is 0.588. The van der Waals surface area contributed by atoms with Crippen molar-refractivity contribution in [3.8, 4) is 0 Å². The predicted octanol–water partition coefficient (Wildman–Crippen LogP) is 4.50. The summed E-state index contributed by atoms with van der Waals surface area (Å²) in [5.41, 5.74) is 3.40. The van der Waals surface area contributed by atoms with Gasteiger partial charge in [0.1, 0.15) is 6.29 Å². The van der Waals surface area contributed by atoms with Crippen LogP contribution in [0.3, 0.4) is 0 Å².